The quantitative estimate of drug-likeness (QED) is 0.906. The molecule has 5 nitrogen and oxygen atoms in total. The van der Waals surface area contributed by atoms with Crippen LogP contribution in [0.2, 0.25) is 0 Å². The second-order valence-corrected chi connectivity index (χ2v) is 3.80. The third kappa shape index (κ3) is 3.08. The van der Waals surface area contributed by atoms with Gasteiger partial charge in [0.1, 0.15) is 11.6 Å². The predicted molar refractivity (Wildman–Crippen MR) is 67.5 cm³/mol. The number of hydrogen-bond donors (Lipinski definition) is 2. The number of alkyl halides is 3. The Hall–Kier alpha value is -2.51. The van der Waals surface area contributed by atoms with Crippen molar-refractivity contribution in [1.29, 1.82) is 0 Å². The van der Waals surface area contributed by atoms with E-state index in [0.29, 0.717) is 5.82 Å². The minimum atomic E-state index is -4.51. The lowest BCUT2D eigenvalue weighted by atomic mass is 10.2. The van der Waals surface area contributed by atoms with Gasteiger partial charge in [0.25, 0.3) is 0 Å². The van der Waals surface area contributed by atoms with E-state index in [1.54, 1.807) is 7.05 Å². The van der Waals surface area contributed by atoms with Crippen LogP contribution in [0.25, 0.3) is 0 Å². The largest absolute Gasteiger partial charge is 0.438 e. The number of nitrogens with two attached hydrogens (primary N) is 1. The fourth-order valence-electron chi connectivity index (χ4n) is 1.53. The molecular weight excluding hydrogens is 273 g/mol. The van der Waals surface area contributed by atoms with Gasteiger partial charge in [-0.05, 0) is 12.1 Å². The average Bonchev–Trinajstić information content (AvgIpc) is 2.37. The van der Waals surface area contributed by atoms with Crippen LogP contribution in [0.1, 0.15) is 5.56 Å². The number of para-hydroxylation sites is 1. The van der Waals surface area contributed by atoms with Crippen molar-refractivity contribution in [3.05, 3.63) is 35.9 Å². The van der Waals surface area contributed by atoms with Crippen molar-refractivity contribution in [2.45, 2.75) is 6.18 Å². The van der Waals surface area contributed by atoms with Crippen molar-refractivity contribution in [3.8, 4) is 11.6 Å². The third-order valence-electron chi connectivity index (χ3n) is 2.38. The van der Waals surface area contributed by atoms with Gasteiger partial charge in [-0.25, -0.2) is 0 Å². The molecular formula is C12H11F3N4O. The molecule has 0 bridgehead atoms. The molecule has 0 aliphatic rings. The van der Waals surface area contributed by atoms with E-state index in [4.69, 9.17) is 10.5 Å². The second kappa shape index (κ2) is 5.24. The van der Waals surface area contributed by atoms with Crippen molar-refractivity contribution in [2.75, 3.05) is 18.1 Å². The lowest BCUT2D eigenvalue weighted by Crippen LogP contribution is -2.07. The highest BCUT2D eigenvalue weighted by Gasteiger charge is 2.34. The molecule has 1 aromatic carbocycles. The van der Waals surface area contributed by atoms with Gasteiger partial charge in [0.05, 0.1) is 5.56 Å². The van der Waals surface area contributed by atoms with Crippen LogP contribution in [0.15, 0.2) is 30.3 Å². The van der Waals surface area contributed by atoms with E-state index in [1.807, 2.05) is 0 Å². The first-order valence-corrected chi connectivity index (χ1v) is 5.56. The molecule has 3 N–H and O–H groups in total. The lowest BCUT2D eigenvalue weighted by molar-refractivity contribution is -0.138. The molecule has 0 aliphatic heterocycles. The number of hydrogen-bond acceptors (Lipinski definition) is 5. The first-order chi connectivity index (χ1) is 9.40. The van der Waals surface area contributed by atoms with Gasteiger partial charge in [0.15, 0.2) is 0 Å². The molecule has 2 rings (SSSR count). The Labute approximate surface area is 112 Å². The first kappa shape index (κ1) is 13.9. The van der Waals surface area contributed by atoms with Crippen LogP contribution in [-0.4, -0.2) is 17.0 Å². The molecule has 0 radical (unpaired) electrons. The summed E-state index contributed by atoms with van der Waals surface area (Å²) in [5.41, 5.74) is 4.56. The summed E-state index contributed by atoms with van der Waals surface area (Å²) in [6, 6.07) is 6.21. The summed E-state index contributed by atoms with van der Waals surface area (Å²) < 4.78 is 43.6. The summed E-state index contributed by atoms with van der Waals surface area (Å²) in [6.45, 7) is 0. The number of anilines is 2. The van der Waals surface area contributed by atoms with E-state index >= 15 is 0 Å². The van der Waals surface area contributed by atoms with Gasteiger partial charge in [-0.3, -0.25) is 0 Å². The van der Waals surface area contributed by atoms with Gasteiger partial charge >= 0.3 is 6.18 Å². The van der Waals surface area contributed by atoms with Gasteiger partial charge in [-0.15, -0.1) is 0 Å². The molecule has 2 aromatic rings. The van der Waals surface area contributed by atoms with Crippen LogP contribution in [0.5, 0.6) is 11.6 Å². The first-order valence-electron chi connectivity index (χ1n) is 5.56. The number of ether oxygens (including phenoxy) is 1. The Balaban J connectivity index is 2.38. The van der Waals surface area contributed by atoms with Crippen LogP contribution < -0.4 is 15.8 Å². The molecule has 0 saturated heterocycles. The third-order valence-corrected chi connectivity index (χ3v) is 2.38. The SMILES string of the molecule is CNc1cc(Oc2ccccc2C(F)(F)F)nc(N)n1. The summed E-state index contributed by atoms with van der Waals surface area (Å²) in [5.74, 6) is -0.174. The monoisotopic (exact) mass is 284 g/mol. The predicted octanol–water partition coefficient (Wildman–Crippen LogP) is 2.91. The number of rotatable bonds is 3. The maximum Gasteiger partial charge on any atom is 0.419 e. The zero-order chi connectivity index (χ0) is 14.8. The molecule has 0 spiro atoms. The minimum absolute atomic E-state index is 0.0708. The van der Waals surface area contributed by atoms with Crippen LogP contribution in [0.4, 0.5) is 24.9 Å². The number of benzene rings is 1. The molecule has 1 heterocycles. The van der Waals surface area contributed by atoms with Crippen molar-refractivity contribution in [3.63, 3.8) is 0 Å². The van der Waals surface area contributed by atoms with Crippen molar-refractivity contribution in [1.82, 2.24) is 9.97 Å². The average molecular weight is 284 g/mol. The number of aromatic nitrogens is 2. The highest BCUT2D eigenvalue weighted by molar-refractivity contribution is 5.45. The lowest BCUT2D eigenvalue weighted by Gasteiger charge is -2.13. The van der Waals surface area contributed by atoms with E-state index in [9.17, 15) is 13.2 Å². The Morgan fingerprint density at radius 3 is 2.55 bits per heavy atom. The molecule has 0 amide bonds. The van der Waals surface area contributed by atoms with Crippen LogP contribution in [0, 0.1) is 0 Å². The Bertz CT molecular complexity index is 616. The maximum atomic E-state index is 12.8. The van der Waals surface area contributed by atoms with Gasteiger partial charge in [0, 0.05) is 13.1 Å². The van der Waals surface area contributed by atoms with E-state index in [0.717, 1.165) is 6.07 Å². The van der Waals surface area contributed by atoms with Crippen molar-refractivity contribution < 1.29 is 17.9 Å². The second-order valence-electron chi connectivity index (χ2n) is 3.80. The summed E-state index contributed by atoms with van der Waals surface area (Å²) in [6.07, 6.45) is -4.51. The molecule has 20 heavy (non-hydrogen) atoms. The van der Waals surface area contributed by atoms with Crippen LogP contribution in [-0.2, 0) is 6.18 Å². The van der Waals surface area contributed by atoms with Gasteiger partial charge < -0.3 is 15.8 Å². The highest BCUT2D eigenvalue weighted by atomic mass is 19.4. The highest BCUT2D eigenvalue weighted by Crippen LogP contribution is 2.37. The van der Waals surface area contributed by atoms with Crippen molar-refractivity contribution >= 4 is 11.8 Å². The van der Waals surface area contributed by atoms with Gasteiger partial charge in [-0.2, -0.15) is 23.1 Å². The molecule has 1 aromatic heterocycles. The molecule has 0 aliphatic carbocycles. The zero-order valence-electron chi connectivity index (χ0n) is 10.4. The van der Waals surface area contributed by atoms with Crippen LogP contribution in [0.3, 0.4) is 0 Å². The summed E-state index contributed by atoms with van der Waals surface area (Å²) in [4.78, 5) is 7.56. The fourth-order valence-corrected chi connectivity index (χ4v) is 1.53. The van der Waals surface area contributed by atoms with E-state index < -0.39 is 11.7 Å². The van der Waals surface area contributed by atoms with Crippen molar-refractivity contribution in [2.24, 2.45) is 0 Å². The molecule has 0 atom stereocenters. The fraction of sp³-hybridized carbons (Fsp3) is 0.167. The minimum Gasteiger partial charge on any atom is -0.438 e. The Morgan fingerprint density at radius 1 is 1.20 bits per heavy atom. The molecule has 106 valence electrons. The summed E-state index contributed by atoms with van der Waals surface area (Å²) in [7, 11) is 1.59. The topological polar surface area (TPSA) is 73.1 Å². The Kier molecular flexibility index (Phi) is 3.64. The van der Waals surface area contributed by atoms with Gasteiger partial charge in [-0.1, -0.05) is 12.1 Å². The normalized spacial score (nSPS) is 11.2. The number of halogens is 3. The number of nitrogens with one attached hydrogen (secondary N) is 1. The van der Waals surface area contributed by atoms with E-state index in [1.165, 1.54) is 24.3 Å². The molecule has 0 saturated carbocycles. The molecule has 8 heteroatoms. The molecule has 0 fully saturated rings. The number of nitrogens with zero attached hydrogens (tertiary/aromatic N) is 2. The van der Waals surface area contributed by atoms with E-state index in [-0.39, 0.29) is 17.6 Å². The van der Waals surface area contributed by atoms with Crippen LogP contribution >= 0.6 is 0 Å². The van der Waals surface area contributed by atoms with E-state index in [2.05, 4.69) is 15.3 Å². The standard InChI is InChI=1S/C12H11F3N4O/c1-17-9-6-10(19-11(16)18-9)20-8-5-3-2-4-7(8)12(13,14)15/h2-6H,1H3,(H3,16,17,18,19). The smallest absolute Gasteiger partial charge is 0.419 e. The number of nitrogen functional groups attached to an aromatic ring is 1. The summed E-state index contributed by atoms with van der Waals surface area (Å²) in [5, 5.41) is 2.71. The summed E-state index contributed by atoms with van der Waals surface area (Å²) >= 11 is 0. The maximum absolute atomic E-state index is 12.8. The zero-order valence-corrected chi connectivity index (χ0v) is 10.4. The Morgan fingerprint density at radius 2 is 1.90 bits per heavy atom. The molecule has 0 unspecified atom stereocenters. The van der Waals surface area contributed by atoms with Gasteiger partial charge in [0.2, 0.25) is 11.8 Å².